The highest BCUT2D eigenvalue weighted by Crippen LogP contribution is 2.29. The fourth-order valence-corrected chi connectivity index (χ4v) is 2.95. The van der Waals surface area contributed by atoms with Crippen molar-refractivity contribution in [3.05, 3.63) is 45.6 Å². The first-order valence-corrected chi connectivity index (χ1v) is 8.66. The fraction of sp³-hybridized carbons (Fsp3) is 0.333. The van der Waals surface area contributed by atoms with Crippen LogP contribution in [0.2, 0.25) is 0 Å². The highest BCUT2D eigenvalue weighted by molar-refractivity contribution is 14.1. The van der Waals surface area contributed by atoms with Crippen LogP contribution < -0.4 is 5.32 Å². The molecule has 1 amide bonds. The highest BCUT2D eigenvalue weighted by Gasteiger charge is 2.21. The minimum absolute atomic E-state index is 0.246. The molecule has 0 saturated heterocycles. The first-order valence-electron chi connectivity index (χ1n) is 7.58. The van der Waals surface area contributed by atoms with Gasteiger partial charge < -0.3 is 5.32 Å². The molecule has 0 aliphatic heterocycles. The van der Waals surface area contributed by atoms with Crippen LogP contribution in [0.5, 0.6) is 0 Å². The molecule has 5 nitrogen and oxygen atoms in total. The molecule has 0 bridgehead atoms. The third kappa shape index (κ3) is 4.29. The number of carbonyl (C=O) groups is 1. The van der Waals surface area contributed by atoms with Crippen molar-refractivity contribution in [1.29, 1.82) is 5.26 Å². The van der Waals surface area contributed by atoms with E-state index in [1.165, 1.54) is 6.33 Å². The molecule has 2 rings (SSSR count). The monoisotopic (exact) mass is 434 g/mol. The lowest BCUT2D eigenvalue weighted by Gasteiger charge is -2.18. The van der Waals surface area contributed by atoms with E-state index in [0.717, 1.165) is 20.4 Å². The minimum atomic E-state index is -0.919. The number of halogens is 1. The molecule has 1 aromatic carbocycles. The molecule has 0 aliphatic rings. The van der Waals surface area contributed by atoms with Gasteiger partial charge in [0.2, 0.25) is 0 Å². The summed E-state index contributed by atoms with van der Waals surface area (Å²) in [7, 11) is 0. The summed E-state index contributed by atoms with van der Waals surface area (Å²) in [6.45, 7) is 7.48. The van der Waals surface area contributed by atoms with E-state index in [9.17, 15) is 4.79 Å². The average Bonchev–Trinajstić information content (AvgIpc) is 2.53. The van der Waals surface area contributed by atoms with E-state index in [2.05, 4.69) is 57.8 Å². The van der Waals surface area contributed by atoms with E-state index < -0.39 is 5.54 Å². The first kappa shape index (κ1) is 18.3. The maximum absolute atomic E-state index is 12.5. The summed E-state index contributed by atoms with van der Waals surface area (Å²) in [6, 6.07) is 7.68. The number of hydrogen-bond donors (Lipinski definition) is 1. The van der Waals surface area contributed by atoms with Gasteiger partial charge in [-0.15, -0.1) is 0 Å². The maximum Gasteiger partial charge on any atom is 0.252 e. The van der Waals surface area contributed by atoms with E-state index in [-0.39, 0.29) is 11.8 Å². The number of nitrogens with one attached hydrogen (secondary N) is 1. The van der Waals surface area contributed by atoms with Crippen LogP contribution in [0.4, 0.5) is 0 Å². The lowest BCUT2D eigenvalue weighted by molar-refractivity contribution is 0.0929. The van der Waals surface area contributed by atoms with Crippen LogP contribution >= 0.6 is 22.6 Å². The van der Waals surface area contributed by atoms with Gasteiger partial charge in [-0.3, -0.25) is 4.79 Å². The number of carbonyl (C=O) groups excluding carboxylic acids is 1. The number of benzene rings is 1. The molecule has 0 aliphatic carbocycles. The molecule has 0 saturated carbocycles. The van der Waals surface area contributed by atoms with Crippen LogP contribution in [0.25, 0.3) is 11.1 Å². The van der Waals surface area contributed by atoms with Gasteiger partial charge in [0.25, 0.3) is 5.91 Å². The Morgan fingerprint density at radius 2 is 2.04 bits per heavy atom. The molecule has 2 aromatic rings. The number of rotatable bonds is 4. The van der Waals surface area contributed by atoms with Gasteiger partial charge >= 0.3 is 0 Å². The molecule has 0 radical (unpaired) electrons. The Labute approximate surface area is 155 Å². The average molecular weight is 434 g/mol. The van der Waals surface area contributed by atoms with Gasteiger partial charge in [-0.1, -0.05) is 13.8 Å². The van der Waals surface area contributed by atoms with Crippen LogP contribution in [0.3, 0.4) is 0 Å². The molecule has 24 heavy (non-hydrogen) atoms. The second-order valence-corrected chi connectivity index (χ2v) is 7.64. The molecular weight excluding hydrogens is 415 g/mol. The molecule has 0 spiro atoms. The molecule has 0 unspecified atom stereocenters. The van der Waals surface area contributed by atoms with E-state index in [1.807, 2.05) is 12.1 Å². The van der Waals surface area contributed by atoms with Crippen LogP contribution in [0.15, 0.2) is 30.7 Å². The topological polar surface area (TPSA) is 78.7 Å². The third-order valence-electron chi connectivity index (χ3n) is 3.47. The van der Waals surface area contributed by atoms with E-state index in [1.54, 1.807) is 26.1 Å². The highest BCUT2D eigenvalue weighted by atomic mass is 127. The first-order chi connectivity index (χ1) is 11.2. The van der Waals surface area contributed by atoms with E-state index in [4.69, 9.17) is 5.26 Å². The second-order valence-electron chi connectivity index (χ2n) is 6.40. The zero-order valence-corrected chi connectivity index (χ0v) is 16.2. The van der Waals surface area contributed by atoms with Gasteiger partial charge in [-0.05, 0) is 66.1 Å². The number of nitrogens with zero attached hydrogens (tertiary/aromatic N) is 3. The standard InChI is InChI=1S/C18H19IN4O/c1-11(2)16-15(8-21-10-22-16)12-5-13(7-14(19)6-12)17(24)23-18(3,4)9-20/h5-8,10-11H,1-4H3,(H,23,24). The van der Waals surface area contributed by atoms with Gasteiger partial charge in [0, 0.05) is 20.9 Å². The third-order valence-corrected chi connectivity index (χ3v) is 4.09. The smallest absolute Gasteiger partial charge is 0.252 e. The summed E-state index contributed by atoms with van der Waals surface area (Å²) >= 11 is 2.18. The summed E-state index contributed by atoms with van der Waals surface area (Å²) in [6.07, 6.45) is 3.31. The Balaban J connectivity index is 2.47. The quantitative estimate of drug-likeness (QED) is 0.741. The summed E-state index contributed by atoms with van der Waals surface area (Å²) < 4.78 is 0.934. The van der Waals surface area contributed by atoms with Crippen molar-refractivity contribution in [2.45, 2.75) is 39.2 Å². The van der Waals surface area contributed by atoms with E-state index >= 15 is 0 Å². The van der Waals surface area contributed by atoms with Crippen LogP contribution in [0, 0.1) is 14.9 Å². The number of aromatic nitrogens is 2. The molecule has 1 aromatic heterocycles. The fourth-order valence-electron chi connectivity index (χ4n) is 2.28. The van der Waals surface area contributed by atoms with Gasteiger partial charge in [0.05, 0.1) is 11.8 Å². The summed E-state index contributed by atoms with van der Waals surface area (Å²) in [5.74, 6) is -0.0278. The molecule has 124 valence electrons. The van der Waals surface area contributed by atoms with Crippen molar-refractivity contribution < 1.29 is 4.79 Å². The van der Waals surface area contributed by atoms with Gasteiger partial charge in [-0.2, -0.15) is 5.26 Å². The molecule has 1 N–H and O–H groups in total. The van der Waals surface area contributed by atoms with Gasteiger partial charge in [0.1, 0.15) is 11.9 Å². The molecular formula is C18H19IN4O. The van der Waals surface area contributed by atoms with Crippen LogP contribution in [0.1, 0.15) is 49.7 Å². The normalized spacial score (nSPS) is 11.2. The predicted molar refractivity (Wildman–Crippen MR) is 101 cm³/mol. The Morgan fingerprint density at radius 3 is 2.67 bits per heavy atom. The minimum Gasteiger partial charge on any atom is -0.334 e. The SMILES string of the molecule is CC(C)c1ncncc1-c1cc(I)cc(C(=O)NC(C)(C)C#N)c1. The number of amides is 1. The Kier molecular flexibility index (Phi) is 5.54. The number of hydrogen-bond acceptors (Lipinski definition) is 4. The van der Waals surface area contributed by atoms with Crippen molar-refractivity contribution in [2.75, 3.05) is 0 Å². The number of nitriles is 1. The summed E-state index contributed by atoms with van der Waals surface area (Å²) in [4.78, 5) is 21.0. The van der Waals surface area contributed by atoms with Crippen molar-refractivity contribution in [2.24, 2.45) is 0 Å². The maximum atomic E-state index is 12.5. The van der Waals surface area contributed by atoms with Crippen LogP contribution in [-0.2, 0) is 0 Å². The molecule has 0 fully saturated rings. The van der Waals surface area contributed by atoms with Gasteiger partial charge in [0.15, 0.2) is 0 Å². The second kappa shape index (κ2) is 7.26. The zero-order valence-electron chi connectivity index (χ0n) is 14.1. The zero-order chi connectivity index (χ0) is 17.9. The van der Waals surface area contributed by atoms with E-state index in [0.29, 0.717) is 5.56 Å². The summed E-state index contributed by atoms with van der Waals surface area (Å²) in [5, 5.41) is 11.8. The van der Waals surface area contributed by atoms with Crippen molar-refractivity contribution >= 4 is 28.5 Å². The predicted octanol–water partition coefficient (Wildman–Crippen LogP) is 3.90. The Morgan fingerprint density at radius 1 is 1.33 bits per heavy atom. The molecule has 1 heterocycles. The lowest BCUT2D eigenvalue weighted by atomic mass is 9.97. The Bertz CT molecular complexity index is 809. The molecule has 6 heteroatoms. The lowest BCUT2D eigenvalue weighted by Crippen LogP contribution is -2.42. The van der Waals surface area contributed by atoms with Gasteiger partial charge in [-0.25, -0.2) is 9.97 Å². The van der Waals surface area contributed by atoms with Crippen LogP contribution in [-0.4, -0.2) is 21.4 Å². The van der Waals surface area contributed by atoms with Crippen molar-refractivity contribution in [3.63, 3.8) is 0 Å². The largest absolute Gasteiger partial charge is 0.334 e. The summed E-state index contributed by atoms with van der Waals surface area (Å²) in [5.41, 5.74) is 2.34. The van der Waals surface area contributed by atoms with Crippen molar-refractivity contribution in [1.82, 2.24) is 15.3 Å². The van der Waals surface area contributed by atoms with Crippen molar-refractivity contribution in [3.8, 4) is 17.2 Å². The Hall–Kier alpha value is -2.01. The molecule has 0 atom stereocenters.